The number of hydrogen-bond donors (Lipinski definition) is 0. The lowest BCUT2D eigenvalue weighted by atomic mass is 10.2. The van der Waals surface area contributed by atoms with Gasteiger partial charge in [0.05, 0.1) is 9.77 Å². The van der Waals surface area contributed by atoms with Crippen LogP contribution in [0.3, 0.4) is 0 Å². The molecule has 4 aromatic rings. The van der Waals surface area contributed by atoms with E-state index in [-0.39, 0.29) is 15.2 Å². The van der Waals surface area contributed by atoms with E-state index in [1.165, 1.54) is 23.1 Å². The van der Waals surface area contributed by atoms with Crippen molar-refractivity contribution in [1.29, 1.82) is 0 Å². The molecule has 0 amide bonds. The molecule has 0 saturated heterocycles. The van der Waals surface area contributed by atoms with Crippen LogP contribution in [0.25, 0.3) is 10.8 Å². The third-order valence-corrected chi connectivity index (χ3v) is 8.22. The van der Waals surface area contributed by atoms with Crippen molar-refractivity contribution in [3.63, 3.8) is 0 Å². The molecule has 1 atom stereocenters. The van der Waals surface area contributed by atoms with Crippen molar-refractivity contribution in [2.75, 3.05) is 0 Å². The molecule has 29 heavy (non-hydrogen) atoms. The molecule has 4 rings (SSSR count). The Balaban J connectivity index is 1.78. The second-order valence-corrected chi connectivity index (χ2v) is 10.7. The van der Waals surface area contributed by atoms with Crippen LogP contribution in [0.5, 0.6) is 0 Å². The minimum Gasteiger partial charge on any atom is -0.427 e. The van der Waals surface area contributed by atoms with Crippen molar-refractivity contribution >= 4 is 32.9 Å². The lowest BCUT2D eigenvalue weighted by molar-refractivity contribution is 0.470. The molecule has 0 saturated carbocycles. The van der Waals surface area contributed by atoms with Gasteiger partial charge in [0.25, 0.3) is 0 Å². The molecule has 0 N–H and O–H groups in total. The van der Waals surface area contributed by atoms with Crippen LogP contribution in [0.4, 0.5) is 0 Å². The Bertz CT molecular complexity index is 1200. The summed E-state index contributed by atoms with van der Waals surface area (Å²) < 4.78 is 32.6. The minimum atomic E-state index is -3.81. The van der Waals surface area contributed by atoms with E-state index in [0.29, 0.717) is 11.0 Å². The largest absolute Gasteiger partial charge is 0.427 e. The highest BCUT2D eigenvalue weighted by atomic mass is 32.2. The first kappa shape index (κ1) is 19.9. The molecule has 7 heteroatoms. The number of aromatic nitrogens is 1. The first-order chi connectivity index (χ1) is 13.9. The van der Waals surface area contributed by atoms with Crippen molar-refractivity contribution < 1.29 is 12.8 Å². The van der Waals surface area contributed by atoms with E-state index in [1.54, 1.807) is 24.3 Å². The van der Waals surface area contributed by atoms with Crippen LogP contribution in [-0.2, 0) is 9.84 Å². The summed E-state index contributed by atoms with van der Waals surface area (Å²) in [5.41, 5.74) is 2.08. The molecule has 4 nitrogen and oxygen atoms in total. The lowest BCUT2D eigenvalue weighted by Crippen LogP contribution is -2.04. The first-order valence-electron chi connectivity index (χ1n) is 9.03. The smallest absolute Gasteiger partial charge is 0.238 e. The number of nitrogens with zero attached hydrogens (tertiary/aromatic N) is 1. The Morgan fingerprint density at radius 3 is 2.38 bits per heavy atom. The van der Waals surface area contributed by atoms with Gasteiger partial charge in [-0.15, -0.1) is 11.3 Å². The lowest BCUT2D eigenvalue weighted by Gasteiger charge is -2.10. The number of oxazole rings is 1. The highest BCUT2D eigenvalue weighted by Gasteiger charge is 2.30. The Kier molecular flexibility index (Phi) is 5.63. The minimum absolute atomic E-state index is 0.00676. The van der Waals surface area contributed by atoms with Gasteiger partial charge in [-0.2, -0.15) is 4.98 Å². The number of thiophene rings is 1. The van der Waals surface area contributed by atoms with Gasteiger partial charge in [0.15, 0.2) is 0 Å². The first-order valence-corrected chi connectivity index (χ1v) is 12.3. The highest BCUT2D eigenvalue weighted by molar-refractivity contribution is 8.00. The van der Waals surface area contributed by atoms with Gasteiger partial charge >= 0.3 is 0 Å². The molecule has 2 aromatic carbocycles. The van der Waals surface area contributed by atoms with Gasteiger partial charge < -0.3 is 4.42 Å². The zero-order valence-corrected chi connectivity index (χ0v) is 18.4. The fourth-order valence-corrected chi connectivity index (χ4v) is 6.02. The van der Waals surface area contributed by atoms with E-state index in [9.17, 15) is 8.42 Å². The average Bonchev–Trinajstić information content (AvgIpc) is 3.39. The number of hydrogen-bond acceptors (Lipinski definition) is 6. The van der Waals surface area contributed by atoms with E-state index in [0.717, 1.165) is 16.0 Å². The molecule has 148 valence electrons. The standard InChI is InChI=1S/C22H19NO3S3/c1-15-10-12-18(13-11-15)29(24,25)21-22(26-20(23-21)19-9-6-14-27-19)28-16(2)17-7-4-3-5-8-17/h3-14,16H,1-2H3/t16-/m1/s1. The molecule has 0 aliphatic carbocycles. The maximum absolute atomic E-state index is 13.3. The van der Waals surface area contributed by atoms with Crippen LogP contribution >= 0.6 is 23.1 Å². The molecule has 0 fully saturated rings. The Hall–Kier alpha value is -2.35. The third-order valence-electron chi connectivity index (χ3n) is 4.44. The molecular formula is C22H19NO3S3. The summed E-state index contributed by atoms with van der Waals surface area (Å²) in [6, 6.07) is 20.5. The summed E-state index contributed by atoms with van der Waals surface area (Å²) in [5, 5.41) is 2.20. The van der Waals surface area contributed by atoms with Crippen LogP contribution in [0.2, 0.25) is 0 Å². The van der Waals surface area contributed by atoms with Gasteiger partial charge in [-0.25, -0.2) is 8.42 Å². The number of aryl methyl sites for hydroxylation is 1. The van der Waals surface area contributed by atoms with Crippen LogP contribution in [0.15, 0.2) is 91.5 Å². The fraction of sp³-hybridized carbons (Fsp3) is 0.136. The predicted octanol–water partition coefficient (Wildman–Crippen LogP) is 6.40. The topological polar surface area (TPSA) is 60.2 Å². The molecule has 0 unspecified atom stereocenters. The van der Waals surface area contributed by atoms with E-state index >= 15 is 0 Å². The summed E-state index contributed by atoms with van der Waals surface area (Å²) in [4.78, 5) is 5.41. The summed E-state index contributed by atoms with van der Waals surface area (Å²) in [6.07, 6.45) is 0. The van der Waals surface area contributed by atoms with Gasteiger partial charge in [-0.05, 0) is 43.0 Å². The summed E-state index contributed by atoms with van der Waals surface area (Å²) in [6.45, 7) is 3.94. The highest BCUT2D eigenvalue weighted by Crippen LogP contribution is 2.42. The SMILES string of the molecule is Cc1ccc(S(=O)(=O)c2nc(-c3cccs3)oc2S[C@H](C)c2ccccc2)cc1. The van der Waals surface area contributed by atoms with Crippen molar-refractivity contribution in [2.24, 2.45) is 0 Å². The Morgan fingerprint density at radius 1 is 1.00 bits per heavy atom. The molecule has 0 aliphatic rings. The molecule has 0 aliphatic heterocycles. The third kappa shape index (κ3) is 4.17. The number of benzene rings is 2. The van der Waals surface area contributed by atoms with E-state index in [4.69, 9.17) is 4.42 Å². The van der Waals surface area contributed by atoms with E-state index in [2.05, 4.69) is 4.98 Å². The molecule has 0 spiro atoms. The monoisotopic (exact) mass is 441 g/mol. The number of thioether (sulfide) groups is 1. The van der Waals surface area contributed by atoms with Crippen LogP contribution in [-0.4, -0.2) is 13.4 Å². The second kappa shape index (κ2) is 8.18. The van der Waals surface area contributed by atoms with Crippen molar-refractivity contribution in [3.8, 4) is 10.8 Å². The van der Waals surface area contributed by atoms with Crippen LogP contribution in [0.1, 0.15) is 23.3 Å². The van der Waals surface area contributed by atoms with E-state index in [1.807, 2.05) is 61.7 Å². The number of rotatable bonds is 6. The zero-order valence-electron chi connectivity index (χ0n) is 15.9. The maximum Gasteiger partial charge on any atom is 0.238 e. The van der Waals surface area contributed by atoms with Gasteiger partial charge in [0, 0.05) is 5.25 Å². The van der Waals surface area contributed by atoms with Gasteiger partial charge in [0.1, 0.15) is 0 Å². The van der Waals surface area contributed by atoms with Crippen molar-refractivity contribution in [2.45, 2.75) is 34.1 Å². The number of sulfone groups is 1. The molecule has 0 bridgehead atoms. The summed E-state index contributed by atoms with van der Waals surface area (Å²) >= 11 is 2.82. The molecule has 2 heterocycles. The van der Waals surface area contributed by atoms with Crippen molar-refractivity contribution in [3.05, 3.63) is 83.2 Å². The Morgan fingerprint density at radius 2 is 1.72 bits per heavy atom. The summed E-state index contributed by atoms with van der Waals surface area (Å²) in [7, 11) is -3.81. The van der Waals surface area contributed by atoms with Crippen molar-refractivity contribution in [1.82, 2.24) is 4.98 Å². The zero-order chi connectivity index (χ0) is 20.4. The molecule has 2 aromatic heterocycles. The normalized spacial score (nSPS) is 12.8. The van der Waals surface area contributed by atoms with Crippen LogP contribution in [0, 0.1) is 6.92 Å². The predicted molar refractivity (Wildman–Crippen MR) is 117 cm³/mol. The van der Waals surface area contributed by atoms with E-state index < -0.39 is 9.84 Å². The van der Waals surface area contributed by atoms with Gasteiger partial charge in [-0.3, -0.25) is 0 Å². The second-order valence-electron chi connectivity index (χ2n) is 6.58. The van der Waals surface area contributed by atoms with Crippen LogP contribution < -0.4 is 0 Å². The summed E-state index contributed by atoms with van der Waals surface area (Å²) in [5.74, 6) is 0.327. The maximum atomic E-state index is 13.3. The van der Waals surface area contributed by atoms with Gasteiger partial charge in [0.2, 0.25) is 25.8 Å². The molecule has 0 radical (unpaired) electrons. The Labute approximate surface area is 178 Å². The van der Waals surface area contributed by atoms with Gasteiger partial charge in [-0.1, -0.05) is 65.9 Å². The average molecular weight is 442 g/mol. The fourth-order valence-electron chi connectivity index (χ4n) is 2.82. The molecular weight excluding hydrogens is 422 g/mol. The quantitative estimate of drug-likeness (QED) is 0.324.